The third-order valence-electron chi connectivity index (χ3n) is 7.96. The lowest BCUT2D eigenvalue weighted by Gasteiger charge is -2.25. The molecule has 0 aliphatic carbocycles. The molecule has 2 atom stereocenters. The van der Waals surface area contributed by atoms with Crippen LogP contribution >= 0.6 is 11.6 Å². The maximum atomic E-state index is 13.6. The van der Waals surface area contributed by atoms with Crippen LogP contribution in [0.4, 0.5) is 5.69 Å². The highest BCUT2D eigenvalue weighted by Crippen LogP contribution is 2.40. The molecule has 0 bridgehead atoms. The lowest BCUT2D eigenvalue weighted by Crippen LogP contribution is -2.45. The lowest BCUT2D eigenvalue weighted by molar-refractivity contribution is -0.140. The number of phenolic OH excluding ortho intramolecular Hbond substituents is 1. The molecule has 0 aliphatic rings. The number of aryl methyl sites for hydroxylation is 4. The zero-order chi connectivity index (χ0) is 35.5. The van der Waals surface area contributed by atoms with Crippen LogP contribution in [0.25, 0.3) is 0 Å². The normalized spacial score (nSPS) is 12.4. The second kappa shape index (κ2) is 14.3. The molecule has 48 heavy (non-hydrogen) atoms. The monoisotopic (exact) mass is 666 g/mol. The van der Waals surface area contributed by atoms with Crippen molar-refractivity contribution in [3.63, 3.8) is 0 Å². The zero-order valence-corrected chi connectivity index (χ0v) is 29.1. The van der Waals surface area contributed by atoms with Gasteiger partial charge in [0.15, 0.2) is 5.78 Å². The number of carbonyl (C=O) groups is 3. The molecule has 8 nitrogen and oxygen atoms in total. The number of halogens is 1. The molecule has 2 N–H and O–H groups in total. The van der Waals surface area contributed by atoms with E-state index in [2.05, 4.69) is 5.32 Å². The minimum Gasteiger partial charge on any atom is -0.507 e. The molecule has 0 aliphatic heterocycles. The summed E-state index contributed by atoms with van der Waals surface area (Å²) < 4.78 is 11.8. The van der Waals surface area contributed by atoms with Crippen LogP contribution in [0.2, 0.25) is 5.02 Å². The molecule has 248 valence electrons. The van der Waals surface area contributed by atoms with Crippen LogP contribution in [-0.2, 0) is 9.59 Å². The van der Waals surface area contributed by atoms with Crippen LogP contribution in [0, 0.1) is 44.4 Å². The molecule has 0 fully saturated rings. The van der Waals surface area contributed by atoms with Crippen molar-refractivity contribution < 1.29 is 29.0 Å². The number of nitrogens with one attached hydrogen (secondary N) is 1. The minimum absolute atomic E-state index is 0.0839. The van der Waals surface area contributed by atoms with Crippen molar-refractivity contribution in [1.82, 2.24) is 0 Å². The van der Waals surface area contributed by atoms with Crippen molar-refractivity contribution in [2.45, 2.75) is 67.4 Å². The summed E-state index contributed by atoms with van der Waals surface area (Å²) in [6, 6.07) is 20.0. The number of ketones is 1. The Morgan fingerprint density at radius 3 is 2.08 bits per heavy atom. The van der Waals surface area contributed by atoms with Gasteiger partial charge in [-0.2, -0.15) is 5.26 Å². The topological polar surface area (TPSA) is 126 Å². The summed E-state index contributed by atoms with van der Waals surface area (Å²) >= 11 is 6.44. The van der Waals surface area contributed by atoms with Gasteiger partial charge in [0, 0.05) is 22.5 Å². The summed E-state index contributed by atoms with van der Waals surface area (Å²) in [6.45, 7) is 14.6. The molecule has 1 amide bonds. The first kappa shape index (κ1) is 35.7. The number of nitriles is 1. The first-order valence-corrected chi connectivity index (χ1v) is 15.8. The van der Waals surface area contributed by atoms with Crippen molar-refractivity contribution in [2.75, 3.05) is 5.32 Å². The van der Waals surface area contributed by atoms with Crippen molar-refractivity contribution in [2.24, 2.45) is 5.41 Å². The fraction of sp³-hybridized carbons (Fsp3) is 0.282. The number of hydrogen-bond acceptors (Lipinski definition) is 7. The van der Waals surface area contributed by atoms with Crippen LogP contribution < -0.4 is 14.8 Å². The molecule has 0 heterocycles. The van der Waals surface area contributed by atoms with E-state index in [0.717, 1.165) is 27.8 Å². The predicted molar refractivity (Wildman–Crippen MR) is 186 cm³/mol. The van der Waals surface area contributed by atoms with Gasteiger partial charge in [-0.25, -0.2) is 4.79 Å². The van der Waals surface area contributed by atoms with Gasteiger partial charge in [0.05, 0.1) is 27.9 Å². The first-order valence-electron chi connectivity index (χ1n) is 15.4. The Bertz CT molecular complexity index is 1940. The van der Waals surface area contributed by atoms with Gasteiger partial charge in [-0.3, -0.25) is 9.59 Å². The van der Waals surface area contributed by atoms with Gasteiger partial charge in [0.2, 0.25) is 6.10 Å². The van der Waals surface area contributed by atoms with Crippen molar-refractivity contribution in [3.05, 3.63) is 116 Å². The Balaban J connectivity index is 1.64. The van der Waals surface area contributed by atoms with Crippen molar-refractivity contribution in [1.29, 1.82) is 5.26 Å². The van der Waals surface area contributed by atoms with Crippen LogP contribution in [0.3, 0.4) is 0 Å². The Morgan fingerprint density at radius 2 is 1.48 bits per heavy atom. The van der Waals surface area contributed by atoms with Gasteiger partial charge in [-0.1, -0.05) is 74.7 Å². The van der Waals surface area contributed by atoms with E-state index >= 15 is 0 Å². The smallest absolute Gasteiger partial charge is 0.343 e. The number of anilines is 1. The minimum atomic E-state index is -1.55. The second-order valence-corrected chi connectivity index (χ2v) is 13.5. The molecule has 0 saturated heterocycles. The van der Waals surface area contributed by atoms with Gasteiger partial charge in [0.1, 0.15) is 17.2 Å². The quantitative estimate of drug-likeness (QED) is 0.104. The fourth-order valence-electron chi connectivity index (χ4n) is 5.40. The molecule has 9 heteroatoms. The number of phenols is 1. The number of benzene rings is 4. The van der Waals surface area contributed by atoms with Gasteiger partial charge in [0.25, 0.3) is 5.91 Å². The maximum Gasteiger partial charge on any atom is 0.343 e. The van der Waals surface area contributed by atoms with Crippen LogP contribution in [0.15, 0.2) is 66.7 Å². The lowest BCUT2D eigenvalue weighted by atomic mass is 9.87. The fourth-order valence-corrected chi connectivity index (χ4v) is 5.56. The highest BCUT2D eigenvalue weighted by molar-refractivity contribution is 6.34. The average Bonchev–Trinajstić information content (AvgIpc) is 3.02. The largest absolute Gasteiger partial charge is 0.507 e. The Hall–Kier alpha value is -5.13. The summed E-state index contributed by atoms with van der Waals surface area (Å²) in [6.07, 6.45) is -1.55. The number of esters is 1. The summed E-state index contributed by atoms with van der Waals surface area (Å²) in [5.74, 6) is -1.49. The summed E-state index contributed by atoms with van der Waals surface area (Å²) in [7, 11) is 0. The van der Waals surface area contributed by atoms with Gasteiger partial charge >= 0.3 is 5.97 Å². The van der Waals surface area contributed by atoms with E-state index in [1.165, 1.54) is 42.5 Å². The number of amides is 1. The molecule has 0 radical (unpaired) electrons. The number of hydrogen-bond donors (Lipinski definition) is 2. The first-order chi connectivity index (χ1) is 22.5. The third-order valence-corrected chi connectivity index (χ3v) is 8.29. The van der Waals surface area contributed by atoms with E-state index in [0.29, 0.717) is 16.9 Å². The number of ether oxygens (including phenoxy) is 2. The number of rotatable bonds is 9. The molecular weight excluding hydrogens is 628 g/mol. The Kier molecular flexibility index (Phi) is 10.7. The zero-order valence-electron chi connectivity index (χ0n) is 28.3. The molecule has 4 rings (SSSR count). The highest BCUT2D eigenvalue weighted by Gasteiger charge is 2.37. The number of carbonyl (C=O) groups excluding carboxylic acids is 3. The highest BCUT2D eigenvalue weighted by atomic mass is 35.5. The van der Waals surface area contributed by atoms with E-state index < -0.39 is 29.2 Å². The molecule has 0 aromatic heterocycles. The number of Topliss-reactive ketones (excluding diaryl/α,β-unsaturated/α-hetero) is 1. The van der Waals surface area contributed by atoms with E-state index in [1.807, 2.05) is 65.0 Å². The van der Waals surface area contributed by atoms with Gasteiger partial charge in [-0.05, 0) is 81.3 Å². The van der Waals surface area contributed by atoms with Crippen LogP contribution in [0.1, 0.15) is 82.9 Å². The molecule has 0 saturated carbocycles. The van der Waals surface area contributed by atoms with Gasteiger partial charge in [-0.15, -0.1) is 0 Å². The van der Waals surface area contributed by atoms with E-state index in [4.69, 9.17) is 26.3 Å². The van der Waals surface area contributed by atoms with E-state index in [1.54, 1.807) is 20.8 Å². The number of aromatic hydroxyl groups is 1. The SMILES string of the molecule is Cc1cc(C)c(O)c(C(C)c2cc(C)cc(C)c2OC(=O)c2ccc(Cl)c(NC(=O)C(Oc3ccc(C#N)cc3)C(=O)C(C)(C)C)c2)c1. The molecular formula is C39H39ClN2O6. The third kappa shape index (κ3) is 8.04. The standard InChI is InChI=1S/C39H39ClN2O6/c1-21-15-23(3)33(43)29(17-21)25(5)30-18-22(2)16-24(4)34(30)48-38(46)27-11-14-31(40)32(19-27)42-37(45)35(36(44)39(6,7)8)47-28-12-9-26(20-41)10-13-28/h9-19,25,35,43H,1-8H3,(H,42,45). The van der Waals surface area contributed by atoms with Crippen LogP contribution in [0.5, 0.6) is 17.2 Å². The second-order valence-electron chi connectivity index (χ2n) is 13.1. The van der Waals surface area contributed by atoms with Crippen molar-refractivity contribution in [3.8, 4) is 23.3 Å². The summed E-state index contributed by atoms with van der Waals surface area (Å²) in [5, 5.41) is 22.8. The average molecular weight is 667 g/mol. The van der Waals surface area contributed by atoms with Gasteiger partial charge < -0.3 is 19.9 Å². The summed E-state index contributed by atoms with van der Waals surface area (Å²) in [5.41, 5.74) is 4.56. The van der Waals surface area contributed by atoms with E-state index in [9.17, 15) is 19.5 Å². The molecule has 2 unspecified atom stereocenters. The Morgan fingerprint density at radius 1 is 0.875 bits per heavy atom. The molecule has 4 aromatic rings. The van der Waals surface area contributed by atoms with Crippen LogP contribution in [-0.4, -0.2) is 28.9 Å². The number of nitrogens with zero attached hydrogens (tertiary/aromatic N) is 1. The summed E-state index contributed by atoms with van der Waals surface area (Å²) in [4.78, 5) is 40.5. The van der Waals surface area contributed by atoms with Crippen molar-refractivity contribution >= 4 is 34.9 Å². The van der Waals surface area contributed by atoms with E-state index in [-0.39, 0.29) is 33.7 Å². The Labute approximate surface area is 286 Å². The predicted octanol–water partition coefficient (Wildman–Crippen LogP) is 8.52. The maximum absolute atomic E-state index is 13.6. The molecule has 4 aromatic carbocycles. The molecule has 0 spiro atoms.